The molecule has 3 aliphatic heterocycles. The number of hydrogen-bond acceptors (Lipinski definition) is 13. The van der Waals surface area contributed by atoms with Crippen molar-refractivity contribution in [2.24, 2.45) is 0 Å². The zero-order valence-electron chi connectivity index (χ0n) is 53.9. The first-order chi connectivity index (χ1) is 48.1. The molecule has 1 aliphatic carbocycles. The SMILES string of the molecule is C[C@@]1(Cc2ccc(OC(F)(F)F)cc2)C(=O)N(c2cc(Cl)cc(Cl)c2)c2ncc(I)n21.C[C@@]1(Cc2ccc(OC(F)(F)F)cc2)C(=O)N(c2cc(Cl)cc(Cl)c2)c2ncc(S(=O)(=O)Cl)n21.C[C@@]1(Cc2ccc(OC(F)(F)F)cc2)C(=O)N(c2cc(Cl)cc(Cl)c2)c2nccn21.O=S=O.[CH-]1CCCC1.[Cl-].[Mg+2]. The van der Waals surface area contributed by atoms with E-state index in [-0.39, 0.29) is 99.7 Å². The molecular formula is C65H49Cl8F9IMgN9O10S2. The van der Waals surface area contributed by atoms with Crippen LogP contribution in [0.4, 0.5) is 74.4 Å². The molecule has 0 unspecified atom stereocenters. The van der Waals surface area contributed by atoms with Gasteiger partial charge in [0.05, 0.1) is 29.5 Å². The Bertz CT molecular complexity index is 4750. The summed E-state index contributed by atoms with van der Waals surface area (Å²) in [7, 11) is 1.28. The van der Waals surface area contributed by atoms with Crippen LogP contribution in [0.15, 0.2) is 157 Å². The van der Waals surface area contributed by atoms with Crippen LogP contribution < -0.4 is 41.3 Å². The minimum Gasteiger partial charge on any atom is -1.00 e. The monoisotopic (exact) mass is 1780 g/mol. The van der Waals surface area contributed by atoms with E-state index >= 15 is 0 Å². The van der Waals surface area contributed by atoms with Crippen LogP contribution in [-0.2, 0) is 70.9 Å². The molecule has 0 bridgehead atoms. The fraction of sp³-hybridized carbons (Fsp3) is 0.246. The maximum absolute atomic E-state index is 13.7. The van der Waals surface area contributed by atoms with Crippen molar-refractivity contribution in [1.82, 2.24) is 28.7 Å². The van der Waals surface area contributed by atoms with Crippen molar-refractivity contribution < 1.29 is 97.4 Å². The first-order valence-corrected chi connectivity index (χ1v) is 36.0. The van der Waals surface area contributed by atoms with Crippen molar-refractivity contribution in [3.63, 3.8) is 0 Å². The predicted molar refractivity (Wildman–Crippen MR) is 382 cm³/mol. The standard InChI is InChI=1S/C20H13Cl3F3N3O4S.C20H13Cl2F3IN3O2.C20H14Cl2F3N3O2.C5H9.ClH.Mg.O2S/c1-19(9-11-2-4-15(5-3-11)33-20(24,25)26)17(30)28(14-7-12(21)6-13(22)8-14)18-27-10-16(29(18)19)34(23,31)32;1-19(9-11-2-4-15(5-3-11)31-20(23,24)25)17(30)28(18-27-10-16(26)29(18)19)14-7-12(21)6-13(22)8-14;1-19(11-12-2-4-16(5-3-12)30-20(23,24)25)17(29)28(18-26-6-7-27(18)19)15-9-13(21)8-14(22)10-15;1-2-4-5-3-1;;;1-3-2/h2-8,10H,9H2,1H3;2-8,10H,9H2,1H3;2-10H,11H2,1H3;1H,2-5H2;1H;;/q;;;-1;;+2;/p-1/t3*19-;;;;/m111..../s1. The molecule has 0 radical (unpaired) electrons. The summed E-state index contributed by atoms with van der Waals surface area (Å²) < 4.78 is 170. The Kier molecular flexibility index (Phi) is 28.3. The van der Waals surface area contributed by atoms with Crippen LogP contribution in [0.25, 0.3) is 0 Å². The molecular weight excluding hydrogens is 1740 g/mol. The Labute approximate surface area is 666 Å². The van der Waals surface area contributed by atoms with Crippen molar-refractivity contribution in [3.05, 3.63) is 209 Å². The number of aromatic nitrogens is 6. The molecule has 0 N–H and O–H groups in total. The molecule has 554 valence electrons. The molecule has 3 amide bonds. The smallest absolute Gasteiger partial charge is 1.00 e. The van der Waals surface area contributed by atoms with Gasteiger partial charge in [-0.2, -0.15) is 21.3 Å². The molecule has 9 aromatic rings. The zero-order valence-corrected chi connectivity index (χ0v) is 65.1. The summed E-state index contributed by atoms with van der Waals surface area (Å²) in [6.07, 6.45) is -0.139. The number of imidazole rings is 3. The quantitative estimate of drug-likeness (QED) is 0.0346. The van der Waals surface area contributed by atoms with Crippen LogP contribution in [0, 0.1) is 10.1 Å². The number of alkyl halides is 9. The van der Waals surface area contributed by atoms with Gasteiger partial charge in [-0.3, -0.25) is 23.5 Å². The van der Waals surface area contributed by atoms with E-state index in [0.29, 0.717) is 60.1 Å². The van der Waals surface area contributed by atoms with Crippen LogP contribution in [0.1, 0.15) is 63.1 Å². The molecule has 0 spiro atoms. The molecule has 4 aliphatic rings. The minimum absolute atomic E-state index is 0. The fourth-order valence-corrected chi connectivity index (χ4v) is 15.1. The topological polar surface area (TPSA) is 210 Å². The number of hydrogen-bond donors (Lipinski definition) is 0. The van der Waals surface area contributed by atoms with Crippen LogP contribution in [0.2, 0.25) is 30.1 Å². The van der Waals surface area contributed by atoms with Gasteiger partial charge >= 0.3 is 53.7 Å². The number of nitrogens with zero attached hydrogens (tertiary/aromatic N) is 9. The van der Waals surface area contributed by atoms with Gasteiger partial charge in [0.15, 0.2) is 5.03 Å². The van der Waals surface area contributed by atoms with E-state index in [4.69, 9.17) is 88.7 Å². The molecule has 1 saturated carbocycles. The third kappa shape index (κ3) is 20.6. The summed E-state index contributed by atoms with van der Waals surface area (Å²) in [5.41, 5.74) is -0.746. The number of amides is 3. The number of carbonyl (C=O) groups is 3. The first-order valence-electron chi connectivity index (χ1n) is 29.6. The summed E-state index contributed by atoms with van der Waals surface area (Å²) in [5, 5.41) is 1.52. The average Bonchev–Trinajstić information content (AvgIpc) is 1.56. The van der Waals surface area contributed by atoms with E-state index in [1.54, 1.807) is 78.0 Å². The van der Waals surface area contributed by atoms with E-state index in [9.17, 15) is 62.3 Å². The molecule has 105 heavy (non-hydrogen) atoms. The Morgan fingerprint density at radius 2 is 0.810 bits per heavy atom. The minimum atomic E-state index is -4.86. The number of rotatable bonds is 13. The number of halogens is 18. The largest absolute Gasteiger partial charge is 2.00 e. The predicted octanol–water partition coefficient (Wildman–Crippen LogP) is 15.4. The summed E-state index contributed by atoms with van der Waals surface area (Å²) in [6.45, 7) is 4.97. The molecule has 6 heterocycles. The van der Waals surface area contributed by atoms with Crippen LogP contribution >= 0.6 is 103 Å². The van der Waals surface area contributed by atoms with E-state index in [1.165, 1.54) is 126 Å². The van der Waals surface area contributed by atoms with Crippen molar-refractivity contribution in [1.29, 1.82) is 0 Å². The molecule has 3 aromatic heterocycles. The van der Waals surface area contributed by atoms with Gasteiger partial charge in [0.2, 0.25) is 17.8 Å². The Hall–Kier alpha value is -6.28. The molecule has 3 atom stereocenters. The number of fused-ring (bicyclic) bond motifs is 3. The van der Waals surface area contributed by atoms with Crippen LogP contribution in [-0.4, -0.2) is 105 Å². The zero-order chi connectivity index (χ0) is 75.5. The summed E-state index contributed by atoms with van der Waals surface area (Å²) in [4.78, 5) is 57.5. The van der Waals surface area contributed by atoms with Gasteiger partial charge in [-0.25, -0.2) is 38.1 Å². The molecule has 0 saturated heterocycles. The van der Waals surface area contributed by atoms with Gasteiger partial charge in [-0.15, -0.1) is 39.5 Å². The second-order valence-corrected chi connectivity index (χ2v) is 29.7. The van der Waals surface area contributed by atoms with Gasteiger partial charge in [0.1, 0.15) is 37.6 Å². The summed E-state index contributed by atoms with van der Waals surface area (Å²) in [5.74, 6) is -1.43. The van der Waals surface area contributed by atoms with E-state index < -0.39 is 73.0 Å². The van der Waals surface area contributed by atoms with Gasteiger partial charge in [-0.1, -0.05) is 119 Å². The van der Waals surface area contributed by atoms with Gasteiger partial charge in [-0.05, 0) is 151 Å². The average molecular weight is 1790 g/mol. The van der Waals surface area contributed by atoms with Gasteiger partial charge in [0.25, 0.3) is 26.8 Å². The van der Waals surface area contributed by atoms with Crippen LogP contribution in [0.5, 0.6) is 17.2 Å². The van der Waals surface area contributed by atoms with Crippen molar-refractivity contribution >= 4 is 199 Å². The van der Waals surface area contributed by atoms with Crippen molar-refractivity contribution in [2.45, 2.75) is 106 Å². The Morgan fingerprint density at radius 1 is 0.505 bits per heavy atom. The number of ether oxygens (including phenoxy) is 3. The van der Waals surface area contributed by atoms with Crippen molar-refractivity contribution in [3.8, 4) is 17.2 Å². The second kappa shape index (κ2) is 34.5. The van der Waals surface area contributed by atoms with Crippen LogP contribution in [0.3, 0.4) is 0 Å². The molecule has 6 aromatic carbocycles. The molecule has 40 heteroatoms. The van der Waals surface area contributed by atoms with E-state index in [1.807, 2.05) is 0 Å². The van der Waals surface area contributed by atoms with Crippen molar-refractivity contribution in [2.75, 3.05) is 14.7 Å². The Morgan fingerprint density at radius 3 is 1.13 bits per heavy atom. The summed E-state index contributed by atoms with van der Waals surface area (Å²) in [6, 6.07) is 29.7. The molecule has 1 fully saturated rings. The second-order valence-electron chi connectivity index (χ2n) is 23.4. The fourth-order valence-electron chi connectivity index (χ4n) is 11.7. The maximum atomic E-state index is 13.7. The maximum Gasteiger partial charge on any atom is 2.00 e. The van der Waals surface area contributed by atoms with Gasteiger partial charge in [0, 0.05) is 72.5 Å². The number of carbonyl (C=O) groups excluding carboxylic acids is 3. The number of benzene rings is 6. The normalized spacial score (nSPS) is 17.9. The first kappa shape index (κ1) is 86.0. The van der Waals surface area contributed by atoms with E-state index in [0.717, 1.165) is 26.9 Å². The third-order valence-electron chi connectivity index (χ3n) is 15.9. The van der Waals surface area contributed by atoms with Gasteiger partial charge < -0.3 is 37.6 Å². The Balaban J connectivity index is 0.000000207. The van der Waals surface area contributed by atoms with E-state index in [2.05, 4.69) is 58.2 Å². The molecule has 13 rings (SSSR count). The summed E-state index contributed by atoms with van der Waals surface area (Å²) >= 11 is 38.0. The molecule has 19 nitrogen and oxygen atoms in total. The number of anilines is 6. The third-order valence-corrected chi connectivity index (χ3v) is 19.2.